The summed E-state index contributed by atoms with van der Waals surface area (Å²) in [4.78, 5) is 45.7. The minimum Gasteiger partial charge on any atom is -0.748 e. The molecule has 24 heteroatoms. The van der Waals surface area contributed by atoms with Crippen molar-refractivity contribution in [3.63, 3.8) is 0 Å². The van der Waals surface area contributed by atoms with Crippen LogP contribution in [0.1, 0.15) is 96.6 Å². The first-order chi connectivity index (χ1) is 32.5. The van der Waals surface area contributed by atoms with E-state index in [1.807, 2.05) is 52.0 Å². The van der Waals surface area contributed by atoms with Gasteiger partial charge in [-0.15, -0.1) is 5.06 Å². The molecule has 5 aliphatic rings. The third-order valence-corrected chi connectivity index (χ3v) is 16.8. The minimum absolute atomic E-state index is 0.0571. The van der Waals surface area contributed by atoms with Crippen molar-refractivity contribution in [3.05, 3.63) is 94.4 Å². The van der Waals surface area contributed by atoms with Gasteiger partial charge in [0, 0.05) is 95.0 Å². The van der Waals surface area contributed by atoms with Crippen molar-refractivity contribution >= 4 is 75.3 Å². The van der Waals surface area contributed by atoms with Crippen LogP contribution < -0.4 is 9.80 Å². The zero-order valence-corrected chi connectivity index (χ0v) is 42.2. The number of amides is 2. The summed E-state index contributed by atoms with van der Waals surface area (Å²) in [5.74, 6) is -3.88. The molecule has 0 spiro atoms. The molecule has 2 saturated heterocycles. The molecule has 20 nitrogen and oxygen atoms in total. The second-order valence-electron chi connectivity index (χ2n) is 19.0. The summed E-state index contributed by atoms with van der Waals surface area (Å²) in [5, 5.41) is 0.519. The number of rotatable bonds is 14. The molecule has 1 aliphatic carbocycles. The number of hydroxylamine groups is 2. The van der Waals surface area contributed by atoms with Gasteiger partial charge in [0.15, 0.2) is 0 Å². The van der Waals surface area contributed by atoms with E-state index in [2.05, 4.69) is 4.58 Å². The number of imide groups is 1. The maximum atomic E-state index is 13.3. The average molecular weight is 1050 g/mol. The first kappa shape index (κ1) is 52.7. The normalized spacial score (nSPS) is 23.0. The van der Waals surface area contributed by atoms with Crippen molar-refractivity contribution < 1.29 is 75.7 Å². The van der Waals surface area contributed by atoms with Gasteiger partial charge in [-0.2, -0.15) is 0 Å². The van der Waals surface area contributed by atoms with Crippen LogP contribution in [-0.4, -0.2) is 123 Å². The van der Waals surface area contributed by atoms with E-state index in [-0.39, 0.29) is 51.6 Å². The van der Waals surface area contributed by atoms with E-state index in [1.165, 1.54) is 36.4 Å². The molecule has 0 bridgehead atoms. The van der Waals surface area contributed by atoms with Gasteiger partial charge in [0.2, 0.25) is 5.71 Å². The maximum Gasteiger partial charge on any atom is 0.336 e. The molecule has 2 amide bonds. The fourth-order valence-electron chi connectivity index (χ4n) is 10.1. The highest BCUT2D eigenvalue weighted by Crippen LogP contribution is 2.50. The number of hydrogen-bond acceptors (Lipinski definition) is 18. The number of allylic oxidation sites excluding steroid dienone is 8. The third kappa shape index (κ3) is 11.3. The summed E-state index contributed by atoms with van der Waals surface area (Å²) in [7, 11) is -18.9. The highest BCUT2D eigenvalue weighted by Gasteiger charge is 2.43. The molecule has 7 rings (SSSR count). The monoisotopic (exact) mass is 1050 g/mol. The van der Waals surface area contributed by atoms with E-state index in [0.29, 0.717) is 71.3 Å². The number of carbonyl (C=O) groups is 3. The largest absolute Gasteiger partial charge is 0.748 e. The average Bonchev–Trinajstić information content (AvgIpc) is 3.77. The van der Waals surface area contributed by atoms with Crippen LogP contribution in [0.25, 0.3) is 0 Å². The van der Waals surface area contributed by atoms with E-state index in [1.54, 1.807) is 9.80 Å². The highest BCUT2D eigenvalue weighted by atomic mass is 32.2. The molecule has 0 N–H and O–H groups in total. The molecule has 4 aliphatic heterocycles. The smallest absolute Gasteiger partial charge is 0.336 e. The van der Waals surface area contributed by atoms with Gasteiger partial charge in [0.05, 0.1) is 35.9 Å². The fraction of sp³-hybridized carbons (Fsp3) is 0.478. The molecular formula is C46H53N4O16S4-3. The lowest BCUT2D eigenvalue weighted by Crippen LogP contribution is -2.39. The maximum absolute atomic E-state index is 13.3. The summed E-state index contributed by atoms with van der Waals surface area (Å²) in [6.45, 7) is 8.08. The Kier molecular flexibility index (Phi) is 14.7. The number of anilines is 2. The summed E-state index contributed by atoms with van der Waals surface area (Å²) in [5.41, 5.74) is 3.84. The fourth-order valence-corrected chi connectivity index (χ4v) is 12.0. The molecule has 1 saturated carbocycles. The Bertz CT molecular complexity index is 2950. The van der Waals surface area contributed by atoms with Gasteiger partial charge in [-0.1, -0.05) is 39.8 Å². The quantitative estimate of drug-likeness (QED) is 0.148. The van der Waals surface area contributed by atoms with Crippen molar-refractivity contribution in [2.45, 2.75) is 106 Å². The molecule has 0 radical (unpaired) electrons. The Balaban J connectivity index is 1.33. The number of piperidine rings is 1. The topological polar surface area (TPSA) is 302 Å². The van der Waals surface area contributed by atoms with E-state index >= 15 is 0 Å². The van der Waals surface area contributed by atoms with Crippen molar-refractivity contribution in [2.24, 2.45) is 5.92 Å². The van der Waals surface area contributed by atoms with Crippen molar-refractivity contribution in [1.29, 1.82) is 0 Å². The number of hydrogen-bond donors (Lipinski definition) is 0. The van der Waals surface area contributed by atoms with Gasteiger partial charge in [-0.05, 0) is 91.8 Å². The van der Waals surface area contributed by atoms with Crippen LogP contribution in [0.4, 0.5) is 11.4 Å². The second-order valence-corrected chi connectivity index (χ2v) is 24.8. The molecule has 4 heterocycles. The van der Waals surface area contributed by atoms with Crippen LogP contribution in [0.5, 0.6) is 0 Å². The molecular weight excluding hydrogens is 993 g/mol. The SMILES string of the molecule is CC1(C)/C(=C/C=C2\CCC/C(=C\C=C3/N(CCCS(=O)(=O)[O-])c4ccc(S(=O)(=O)[O-])cc4C3(C)C)C2=[N+]2CCC(C(=O)ON3C(=O)CCC3=O)CC2)N(CCCS(=O)(=O)[O-])c2ccc(S(=O)(=O)[O-])cc21. The number of carbonyl (C=O) groups excluding carboxylic acids is 3. The van der Waals surface area contributed by atoms with E-state index in [4.69, 9.17) is 4.84 Å². The van der Waals surface area contributed by atoms with Gasteiger partial charge in [0.25, 0.3) is 11.8 Å². The molecule has 3 fully saturated rings. The summed E-state index contributed by atoms with van der Waals surface area (Å²) in [6, 6.07) is 7.90. The second kappa shape index (κ2) is 19.5. The Morgan fingerprint density at radius 2 is 1.07 bits per heavy atom. The number of fused-ring (bicyclic) bond motifs is 2. The Morgan fingerprint density at radius 1 is 0.657 bits per heavy atom. The van der Waals surface area contributed by atoms with Gasteiger partial charge in [-0.25, -0.2) is 43.0 Å². The van der Waals surface area contributed by atoms with Crippen LogP contribution in [0, 0.1) is 5.92 Å². The number of benzene rings is 2. The Hall–Kier alpha value is -5.08. The van der Waals surface area contributed by atoms with Crippen LogP contribution in [0.15, 0.2) is 93.0 Å². The Labute approximate surface area is 408 Å². The standard InChI is InChI=1S/C46H56N4O16S4/c1-45(2)35-28-33(69(60,61)62)12-14-37(35)48(22-6-26-67(54,55)56)39(45)16-10-30-8-5-9-31(43(30)47-24-20-32(21-25-47)44(53)66-50-41(51)18-19-42(50)52)11-17-40-46(3,4)36-29-34(70(63,64)65)13-15-38(36)49(40)23-7-27-68(57,58)59/h10-17,28-29,32H,5-9,18-27H2,1-4H3,(H3-,54,55,56,57,58,59,60,61,62,63,64,65)/p-3. The zero-order chi connectivity index (χ0) is 51.4. The van der Waals surface area contributed by atoms with Gasteiger partial charge >= 0.3 is 5.97 Å². The van der Waals surface area contributed by atoms with E-state index < -0.39 is 96.3 Å². The van der Waals surface area contributed by atoms with Crippen LogP contribution >= 0.6 is 0 Å². The summed E-state index contributed by atoms with van der Waals surface area (Å²) >= 11 is 0. The van der Waals surface area contributed by atoms with Crippen LogP contribution in [0.3, 0.4) is 0 Å². The van der Waals surface area contributed by atoms with Crippen LogP contribution in [-0.2, 0) is 70.5 Å². The lowest BCUT2D eigenvalue weighted by Gasteiger charge is -2.28. The molecule has 380 valence electrons. The van der Waals surface area contributed by atoms with Gasteiger partial charge < -0.3 is 32.8 Å². The summed E-state index contributed by atoms with van der Waals surface area (Å²) < 4.78 is 145. The summed E-state index contributed by atoms with van der Waals surface area (Å²) in [6.07, 6.45) is 9.56. The zero-order valence-electron chi connectivity index (χ0n) is 38.9. The Morgan fingerprint density at radius 3 is 1.46 bits per heavy atom. The van der Waals surface area contributed by atoms with Crippen molar-refractivity contribution in [3.8, 4) is 0 Å². The number of nitrogens with zero attached hydrogens (tertiary/aromatic N) is 4. The third-order valence-electron chi connectivity index (χ3n) is 13.6. The first-order valence-electron chi connectivity index (χ1n) is 22.6. The molecule has 0 atom stereocenters. The minimum atomic E-state index is -4.86. The van der Waals surface area contributed by atoms with E-state index in [0.717, 1.165) is 16.9 Å². The van der Waals surface area contributed by atoms with E-state index in [9.17, 15) is 66.3 Å². The molecule has 0 unspecified atom stereocenters. The lowest BCUT2D eigenvalue weighted by molar-refractivity contribution is -0.539. The van der Waals surface area contributed by atoms with Gasteiger partial charge in [-0.3, -0.25) is 9.59 Å². The van der Waals surface area contributed by atoms with Gasteiger partial charge in [0.1, 0.15) is 33.3 Å². The molecule has 2 aromatic carbocycles. The molecule has 70 heavy (non-hydrogen) atoms. The molecule has 2 aromatic rings. The highest BCUT2D eigenvalue weighted by molar-refractivity contribution is 7.86. The predicted molar refractivity (Wildman–Crippen MR) is 249 cm³/mol. The van der Waals surface area contributed by atoms with Crippen molar-refractivity contribution in [1.82, 2.24) is 5.06 Å². The molecule has 0 aromatic heterocycles. The lowest BCUT2D eigenvalue weighted by atomic mass is 9.82. The van der Waals surface area contributed by atoms with Crippen molar-refractivity contribution in [2.75, 3.05) is 47.5 Å². The van der Waals surface area contributed by atoms with Crippen LogP contribution in [0.2, 0.25) is 0 Å². The predicted octanol–water partition coefficient (Wildman–Crippen LogP) is 3.54. The first-order valence-corrected chi connectivity index (χ1v) is 28.6.